The number of aliphatic carboxylic acids is 1. The Morgan fingerprint density at radius 3 is 1.75 bits per heavy atom. The molecule has 2 fully saturated rings. The number of carbonyl (C=O) groups is 2. The van der Waals surface area contributed by atoms with Crippen LogP contribution in [0.15, 0.2) is 0 Å². The Labute approximate surface area is 120 Å². The molecule has 2 aliphatic carbocycles. The SMILES string of the molecule is CC(C)(C)OC(=O)NC(C(=O)O)(C1CCC1)C1CCC1. The number of carboxylic acids is 1. The van der Waals surface area contributed by atoms with Gasteiger partial charge in [-0.15, -0.1) is 0 Å². The molecular formula is C15H25NO4. The second kappa shape index (κ2) is 5.26. The minimum Gasteiger partial charge on any atom is -0.479 e. The van der Waals surface area contributed by atoms with Gasteiger partial charge < -0.3 is 15.2 Å². The van der Waals surface area contributed by atoms with E-state index in [1.165, 1.54) is 0 Å². The molecule has 0 aliphatic heterocycles. The standard InChI is InChI=1S/C15H25NO4/c1-14(2,3)20-13(19)16-15(12(17)18,10-6-4-7-10)11-8-5-9-11/h10-11H,4-9H2,1-3H3,(H,16,19)(H,17,18). The van der Waals surface area contributed by atoms with Gasteiger partial charge in [0.15, 0.2) is 0 Å². The molecule has 2 rings (SSSR count). The largest absolute Gasteiger partial charge is 0.479 e. The summed E-state index contributed by atoms with van der Waals surface area (Å²) >= 11 is 0. The van der Waals surface area contributed by atoms with E-state index in [1.54, 1.807) is 20.8 Å². The van der Waals surface area contributed by atoms with Crippen LogP contribution in [0, 0.1) is 11.8 Å². The number of hydrogen-bond donors (Lipinski definition) is 2. The molecule has 20 heavy (non-hydrogen) atoms. The van der Waals surface area contributed by atoms with E-state index in [1.807, 2.05) is 0 Å². The van der Waals surface area contributed by atoms with Crippen LogP contribution < -0.4 is 5.32 Å². The molecule has 0 radical (unpaired) electrons. The van der Waals surface area contributed by atoms with Gasteiger partial charge in [-0.2, -0.15) is 0 Å². The smallest absolute Gasteiger partial charge is 0.408 e. The Morgan fingerprint density at radius 1 is 1.05 bits per heavy atom. The summed E-state index contributed by atoms with van der Waals surface area (Å²) in [6.45, 7) is 5.34. The number of alkyl carbamates (subject to hydrolysis) is 1. The first-order chi connectivity index (χ1) is 9.25. The first kappa shape index (κ1) is 15.1. The molecule has 5 nitrogen and oxygen atoms in total. The van der Waals surface area contributed by atoms with E-state index in [9.17, 15) is 14.7 Å². The van der Waals surface area contributed by atoms with Crippen molar-refractivity contribution in [2.24, 2.45) is 11.8 Å². The first-order valence-corrected chi connectivity index (χ1v) is 7.50. The molecular weight excluding hydrogens is 258 g/mol. The average molecular weight is 283 g/mol. The molecule has 0 aromatic carbocycles. The third-order valence-corrected chi connectivity index (χ3v) is 4.56. The van der Waals surface area contributed by atoms with Gasteiger partial charge in [0.25, 0.3) is 0 Å². The highest BCUT2D eigenvalue weighted by Gasteiger charge is 2.56. The van der Waals surface area contributed by atoms with Crippen molar-refractivity contribution in [3.63, 3.8) is 0 Å². The van der Waals surface area contributed by atoms with Gasteiger partial charge in [0.2, 0.25) is 0 Å². The van der Waals surface area contributed by atoms with Crippen molar-refractivity contribution in [1.82, 2.24) is 5.32 Å². The van der Waals surface area contributed by atoms with E-state index < -0.39 is 23.2 Å². The third-order valence-electron chi connectivity index (χ3n) is 4.56. The Bertz CT molecular complexity index is 377. The second-order valence-electron chi connectivity index (χ2n) is 7.06. The molecule has 114 valence electrons. The molecule has 2 saturated carbocycles. The van der Waals surface area contributed by atoms with Gasteiger partial charge in [0.05, 0.1) is 0 Å². The summed E-state index contributed by atoms with van der Waals surface area (Å²) in [6.07, 6.45) is 4.97. The topological polar surface area (TPSA) is 75.6 Å². The summed E-state index contributed by atoms with van der Waals surface area (Å²) in [5.41, 5.74) is -1.74. The van der Waals surface area contributed by atoms with Crippen LogP contribution in [-0.2, 0) is 9.53 Å². The van der Waals surface area contributed by atoms with E-state index >= 15 is 0 Å². The molecule has 0 bridgehead atoms. The summed E-state index contributed by atoms with van der Waals surface area (Å²) in [5.74, 6) is -0.826. The van der Waals surface area contributed by atoms with Crippen LogP contribution in [0.5, 0.6) is 0 Å². The van der Waals surface area contributed by atoms with Crippen LogP contribution in [0.4, 0.5) is 4.79 Å². The van der Waals surface area contributed by atoms with Crippen molar-refractivity contribution in [1.29, 1.82) is 0 Å². The predicted octanol–water partition coefficient (Wildman–Crippen LogP) is 2.93. The number of hydrogen-bond acceptors (Lipinski definition) is 3. The highest BCUT2D eigenvalue weighted by molar-refractivity contribution is 5.85. The average Bonchev–Trinajstić information content (AvgIpc) is 2.06. The number of carboxylic acid groups (broad SMARTS) is 1. The van der Waals surface area contributed by atoms with Crippen molar-refractivity contribution < 1.29 is 19.4 Å². The van der Waals surface area contributed by atoms with Gasteiger partial charge in [-0.25, -0.2) is 9.59 Å². The number of carbonyl (C=O) groups excluding carboxylic acids is 1. The lowest BCUT2D eigenvalue weighted by atomic mass is 9.59. The molecule has 5 heteroatoms. The van der Waals surface area contributed by atoms with Crippen LogP contribution in [0.25, 0.3) is 0 Å². The van der Waals surface area contributed by atoms with Crippen LogP contribution in [0.1, 0.15) is 59.3 Å². The maximum absolute atomic E-state index is 12.1. The summed E-state index contributed by atoms with van der Waals surface area (Å²) in [7, 11) is 0. The van der Waals surface area contributed by atoms with Gasteiger partial charge in [0, 0.05) is 0 Å². The van der Waals surface area contributed by atoms with Gasteiger partial charge in [-0.1, -0.05) is 12.8 Å². The molecule has 0 unspecified atom stereocenters. The van der Waals surface area contributed by atoms with Gasteiger partial charge >= 0.3 is 12.1 Å². The number of ether oxygens (including phenoxy) is 1. The zero-order valence-corrected chi connectivity index (χ0v) is 12.6. The second-order valence-corrected chi connectivity index (χ2v) is 7.06. The quantitative estimate of drug-likeness (QED) is 0.831. The van der Waals surface area contributed by atoms with Crippen molar-refractivity contribution in [2.45, 2.75) is 70.4 Å². The normalized spacial score (nSPS) is 20.8. The van der Waals surface area contributed by atoms with E-state index in [0.29, 0.717) is 0 Å². The molecule has 0 aromatic heterocycles. The van der Waals surface area contributed by atoms with E-state index in [0.717, 1.165) is 38.5 Å². The maximum atomic E-state index is 12.1. The molecule has 0 heterocycles. The zero-order valence-electron chi connectivity index (χ0n) is 12.6. The first-order valence-electron chi connectivity index (χ1n) is 7.50. The molecule has 2 N–H and O–H groups in total. The minimum atomic E-state index is -1.13. The van der Waals surface area contributed by atoms with Gasteiger partial charge in [-0.05, 0) is 58.3 Å². The molecule has 0 spiro atoms. The third kappa shape index (κ3) is 2.76. The highest BCUT2D eigenvalue weighted by Crippen LogP contribution is 2.47. The van der Waals surface area contributed by atoms with Crippen molar-refractivity contribution in [2.75, 3.05) is 0 Å². The number of nitrogens with one attached hydrogen (secondary N) is 1. The fourth-order valence-corrected chi connectivity index (χ4v) is 3.14. The van der Waals surface area contributed by atoms with E-state index in [4.69, 9.17) is 4.74 Å². The number of rotatable bonds is 4. The van der Waals surface area contributed by atoms with E-state index in [2.05, 4.69) is 5.32 Å². The minimum absolute atomic E-state index is 0.0396. The zero-order chi connectivity index (χ0) is 15.0. The Kier molecular flexibility index (Phi) is 3.98. The lowest BCUT2D eigenvalue weighted by Crippen LogP contribution is -2.67. The van der Waals surface area contributed by atoms with Gasteiger partial charge in [0.1, 0.15) is 11.1 Å². The maximum Gasteiger partial charge on any atom is 0.408 e. The van der Waals surface area contributed by atoms with Crippen LogP contribution in [0.2, 0.25) is 0 Å². The molecule has 2 aliphatic rings. The highest BCUT2D eigenvalue weighted by atomic mass is 16.6. The molecule has 1 amide bonds. The fraction of sp³-hybridized carbons (Fsp3) is 0.867. The summed E-state index contributed by atoms with van der Waals surface area (Å²) < 4.78 is 5.27. The number of amides is 1. The lowest BCUT2D eigenvalue weighted by Gasteiger charge is -2.50. The molecule has 0 aromatic rings. The molecule has 0 saturated heterocycles. The fourth-order valence-electron chi connectivity index (χ4n) is 3.14. The predicted molar refractivity (Wildman–Crippen MR) is 74.4 cm³/mol. The van der Waals surface area contributed by atoms with Crippen molar-refractivity contribution in [3.05, 3.63) is 0 Å². The van der Waals surface area contributed by atoms with Crippen LogP contribution >= 0.6 is 0 Å². The summed E-state index contributed by atoms with van der Waals surface area (Å²) in [4.78, 5) is 24.0. The van der Waals surface area contributed by atoms with Crippen LogP contribution in [0.3, 0.4) is 0 Å². The van der Waals surface area contributed by atoms with E-state index in [-0.39, 0.29) is 11.8 Å². The van der Waals surface area contributed by atoms with Crippen molar-refractivity contribution >= 4 is 12.1 Å². The Morgan fingerprint density at radius 2 is 1.50 bits per heavy atom. The monoisotopic (exact) mass is 283 g/mol. The van der Waals surface area contributed by atoms with Gasteiger partial charge in [-0.3, -0.25) is 0 Å². The van der Waals surface area contributed by atoms with Crippen molar-refractivity contribution in [3.8, 4) is 0 Å². The summed E-state index contributed by atoms with van der Waals surface area (Å²) in [6, 6.07) is 0. The summed E-state index contributed by atoms with van der Waals surface area (Å²) in [5, 5.41) is 12.5. The Balaban J connectivity index is 2.17. The molecule has 0 atom stereocenters. The van der Waals surface area contributed by atoms with Crippen LogP contribution in [-0.4, -0.2) is 28.3 Å². The lowest BCUT2D eigenvalue weighted by molar-refractivity contribution is -0.155. The Hall–Kier alpha value is -1.26.